The molecule has 5 nitrogen and oxygen atoms in total. The first-order valence-corrected chi connectivity index (χ1v) is 9.91. The maximum atomic E-state index is 12.8. The van der Waals surface area contributed by atoms with Crippen LogP contribution in [0.25, 0.3) is 0 Å². The second-order valence-electron chi connectivity index (χ2n) is 8.16. The maximum Gasteiger partial charge on any atom is 0.223 e. The first kappa shape index (κ1) is 21.7. The third-order valence-electron chi connectivity index (χ3n) is 5.57. The molecule has 1 amide bonds. The lowest BCUT2D eigenvalue weighted by Crippen LogP contribution is -2.42. The zero-order valence-electron chi connectivity index (χ0n) is 15.8. The molecule has 0 spiro atoms. The summed E-state index contributed by atoms with van der Waals surface area (Å²) < 4.78 is -0.00706. The van der Waals surface area contributed by atoms with Gasteiger partial charge in [-0.3, -0.25) is 4.79 Å². The summed E-state index contributed by atoms with van der Waals surface area (Å²) in [6.45, 7) is 10.7. The SMILES string of the molecule is CCCNC(=O)C(CC(C)(C)C(O)O)C1(C)CC1(C)SCCCO. The number of thioether (sulfide) groups is 1. The van der Waals surface area contributed by atoms with Crippen LogP contribution >= 0.6 is 11.8 Å². The third-order valence-corrected chi connectivity index (χ3v) is 7.32. The largest absolute Gasteiger partial charge is 0.396 e. The van der Waals surface area contributed by atoms with E-state index >= 15 is 0 Å². The van der Waals surface area contributed by atoms with Gasteiger partial charge in [-0.15, -0.1) is 0 Å². The molecule has 1 saturated carbocycles. The molecule has 1 aliphatic carbocycles. The minimum absolute atomic E-state index is 0.00706. The zero-order chi connectivity index (χ0) is 18.6. The van der Waals surface area contributed by atoms with E-state index in [9.17, 15) is 15.0 Å². The predicted molar refractivity (Wildman–Crippen MR) is 98.7 cm³/mol. The van der Waals surface area contributed by atoms with Crippen LogP contribution in [0, 0.1) is 16.7 Å². The Kier molecular flexibility index (Phi) is 7.60. The first-order chi connectivity index (χ1) is 11.0. The average Bonchev–Trinajstić information content (AvgIpc) is 3.05. The molecular formula is C18H35NO4S. The van der Waals surface area contributed by atoms with Gasteiger partial charge in [0.1, 0.15) is 0 Å². The molecule has 0 aromatic heterocycles. The van der Waals surface area contributed by atoms with Crippen molar-refractivity contribution in [2.45, 2.75) is 71.3 Å². The van der Waals surface area contributed by atoms with Gasteiger partial charge in [-0.25, -0.2) is 0 Å². The summed E-state index contributed by atoms with van der Waals surface area (Å²) >= 11 is 1.82. The molecule has 3 atom stereocenters. The fourth-order valence-corrected chi connectivity index (χ4v) is 4.93. The van der Waals surface area contributed by atoms with Crippen molar-refractivity contribution in [3.05, 3.63) is 0 Å². The molecule has 0 aromatic rings. The molecule has 1 rings (SSSR count). The van der Waals surface area contributed by atoms with Gasteiger partial charge in [-0.2, -0.15) is 11.8 Å². The molecule has 1 fully saturated rings. The highest BCUT2D eigenvalue weighted by atomic mass is 32.2. The van der Waals surface area contributed by atoms with Crippen molar-refractivity contribution in [2.24, 2.45) is 16.7 Å². The predicted octanol–water partition coefficient (Wildman–Crippen LogP) is 2.14. The molecule has 4 N–H and O–H groups in total. The Balaban J connectivity index is 2.91. The molecular weight excluding hydrogens is 326 g/mol. The minimum atomic E-state index is -1.45. The van der Waals surface area contributed by atoms with E-state index in [0.717, 1.165) is 25.0 Å². The molecule has 0 heterocycles. The van der Waals surface area contributed by atoms with Gasteiger partial charge in [-0.1, -0.05) is 27.7 Å². The summed E-state index contributed by atoms with van der Waals surface area (Å²) in [5, 5.41) is 31.3. The molecule has 3 unspecified atom stereocenters. The van der Waals surface area contributed by atoms with E-state index in [4.69, 9.17) is 5.11 Å². The Morgan fingerprint density at radius 2 is 1.96 bits per heavy atom. The van der Waals surface area contributed by atoms with Crippen molar-refractivity contribution in [1.29, 1.82) is 0 Å². The molecule has 0 radical (unpaired) electrons. The van der Waals surface area contributed by atoms with Gasteiger partial charge in [0, 0.05) is 29.2 Å². The summed E-state index contributed by atoms with van der Waals surface area (Å²) in [7, 11) is 0. The molecule has 0 bridgehead atoms. The van der Waals surface area contributed by atoms with Gasteiger partial charge in [0.05, 0.1) is 0 Å². The Morgan fingerprint density at radius 1 is 1.33 bits per heavy atom. The van der Waals surface area contributed by atoms with E-state index < -0.39 is 11.7 Å². The van der Waals surface area contributed by atoms with Crippen LogP contribution in [0.2, 0.25) is 0 Å². The molecule has 1 aliphatic rings. The highest BCUT2D eigenvalue weighted by Gasteiger charge is 2.66. The van der Waals surface area contributed by atoms with E-state index in [1.165, 1.54) is 0 Å². The highest BCUT2D eigenvalue weighted by molar-refractivity contribution is 8.01. The quantitative estimate of drug-likeness (QED) is 0.334. The normalized spacial score (nSPS) is 28.0. The zero-order valence-corrected chi connectivity index (χ0v) is 16.6. The molecule has 6 heteroatoms. The van der Waals surface area contributed by atoms with E-state index in [1.54, 1.807) is 13.8 Å². The Morgan fingerprint density at radius 3 is 2.46 bits per heavy atom. The summed E-state index contributed by atoms with van der Waals surface area (Å²) in [6.07, 6.45) is 1.55. The van der Waals surface area contributed by atoms with Crippen LogP contribution in [0.4, 0.5) is 0 Å². The number of amides is 1. The number of rotatable bonds is 11. The highest BCUT2D eigenvalue weighted by Crippen LogP contribution is 2.69. The van der Waals surface area contributed by atoms with Crippen LogP contribution in [0.1, 0.15) is 60.3 Å². The standard InChI is InChI=1S/C18H35NO4S/c1-6-8-19-14(21)13(11-16(2,3)15(22)23)17(4)12-18(17,5)24-10-7-9-20/h13,15,20,22-23H,6-12H2,1-5H3,(H,19,21). The minimum Gasteiger partial charge on any atom is -0.396 e. The van der Waals surface area contributed by atoms with Gasteiger partial charge in [-0.05, 0) is 43.8 Å². The smallest absolute Gasteiger partial charge is 0.223 e. The molecule has 142 valence electrons. The van der Waals surface area contributed by atoms with Crippen molar-refractivity contribution >= 4 is 17.7 Å². The Labute approximate surface area is 150 Å². The fraction of sp³-hybridized carbons (Fsp3) is 0.944. The topological polar surface area (TPSA) is 89.8 Å². The van der Waals surface area contributed by atoms with Crippen LogP contribution in [0.3, 0.4) is 0 Å². The van der Waals surface area contributed by atoms with Crippen molar-refractivity contribution in [3.63, 3.8) is 0 Å². The van der Waals surface area contributed by atoms with Crippen molar-refractivity contribution in [3.8, 4) is 0 Å². The number of aliphatic hydroxyl groups is 3. The van der Waals surface area contributed by atoms with Crippen LogP contribution in [0.5, 0.6) is 0 Å². The van der Waals surface area contributed by atoms with Gasteiger partial charge in [0.2, 0.25) is 5.91 Å². The number of nitrogens with one attached hydrogen (secondary N) is 1. The van der Waals surface area contributed by atoms with Gasteiger partial charge in [0.25, 0.3) is 0 Å². The van der Waals surface area contributed by atoms with Crippen LogP contribution in [-0.4, -0.2) is 51.2 Å². The number of aliphatic hydroxyl groups excluding tert-OH is 2. The molecule has 0 aromatic carbocycles. The van der Waals surface area contributed by atoms with E-state index in [2.05, 4.69) is 19.2 Å². The molecule has 0 aliphatic heterocycles. The van der Waals surface area contributed by atoms with Crippen LogP contribution in [0.15, 0.2) is 0 Å². The van der Waals surface area contributed by atoms with Crippen LogP contribution < -0.4 is 5.32 Å². The summed E-state index contributed by atoms with van der Waals surface area (Å²) in [5.74, 6) is 0.629. The lowest BCUT2D eigenvalue weighted by Gasteiger charge is -2.35. The van der Waals surface area contributed by atoms with Crippen LogP contribution in [-0.2, 0) is 4.79 Å². The summed E-state index contributed by atoms with van der Waals surface area (Å²) in [5.41, 5.74) is -0.909. The Bertz CT molecular complexity index is 429. The number of carbonyl (C=O) groups excluding carboxylic acids is 1. The lowest BCUT2D eigenvalue weighted by atomic mass is 9.74. The lowest BCUT2D eigenvalue weighted by molar-refractivity contribution is -0.142. The second-order valence-corrected chi connectivity index (χ2v) is 9.76. The molecule has 24 heavy (non-hydrogen) atoms. The van der Waals surface area contributed by atoms with E-state index in [1.807, 2.05) is 18.7 Å². The van der Waals surface area contributed by atoms with E-state index in [-0.39, 0.29) is 28.6 Å². The first-order valence-electron chi connectivity index (χ1n) is 8.93. The average molecular weight is 362 g/mol. The van der Waals surface area contributed by atoms with Crippen molar-refractivity contribution < 1.29 is 20.1 Å². The maximum absolute atomic E-state index is 12.8. The third kappa shape index (κ3) is 4.87. The fourth-order valence-electron chi connectivity index (χ4n) is 3.34. The number of hydrogen-bond acceptors (Lipinski definition) is 5. The van der Waals surface area contributed by atoms with Gasteiger partial charge >= 0.3 is 0 Å². The summed E-state index contributed by atoms with van der Waals surface area (Å²) in [4.78, 5) is 12.8. The van der Waals surface area contributed by atoms with Crippen molar-refractivity contribution in [2.75, 3.05) is 18.9 Å². The van der Waals surface area contributed by atoms with Gasteiger partial charge < -0.3 is 20.6 Å². The van der Waals surface area contributed by atoms with E-state index in [0.29, 0.717) is 13.0 Å². The number of carbonyl (C=O) groups is 1. The van der Waals surface area contributed by atoms with Crippen molar-refractivity contribution in [1.82, 2.24) is 5.32 Å². The second kappa shape index (κ2) is 8.39. The number of hydrogen-bond donors (Lipinski definition) is 4. The summed E-state index contributed by atoms with van der Waals surface area (Å²) in [6, 6.07) is 0. The Hall–Kier alpha value is -0.300. The molecule has 0 saturated heterocycles. The monoisotopic (exact) mass is 361 g/mol. The van der Waals surface area contributed by atoms with Gasteiger partial charge in [0.15, 0.2) is 6.29 Å².